The molecular weight excluding hydrogens is 197 g/mol. The van der Waals surface area contributed by atoms with E-state index in [0.29, 0.717) is 5.69 Å². The second kappa shape index (κ2) is 5.18. The molecular formula is C9H10BNO4. The molecule has 0 aliphatic heterocycles. The number of rotatable bonds is 4. The lowest BCUT2D eigenvalue weighted by Gasteiger charge is -2.07. The molecule has 0 unspecified atom stereocenters. The Labute approximate surface area is 87.2 Å². The Morgan fingerprint density at radius 2 is 2.27 bits per heavy atom. The highest BCUT2D eigenvalue weighted by molar-refractivity contribution is 6.33. The lowest BCUT2D eigenvalue weighted by atomic mass is 10.2. The van der Waals surface area contributed by atoms with Gasteiger partial charge >= 0.3 is 7.32 Å². The summed E-state index contributed by atoms with van der Waals surface area (Å²) in [4.78, 5) is 10.9. The largest absolute Gasteiger partial charge is 0.707 e. The number of amides is 1. The van der Waals surface area contributed by atoms with Crippen LogP contribution in [0.25, 0.3) is 0 Å². The summed E-state index contributed by atoms with van der Waals surface area (Å²) in [5, 5.41) is 19.6. The maximum Gasteiger partial charge on any atom is 0.707 e. The average Bonchev–Trinajstić information content (AvgIpc) is 2.17. The monoisotopic (exact) mass is 207 g/mol. The van der Waals surface area contributed by atoms with Gasteiger partial charge in [0.15, 0.2) is 0 Å². The molecule has 0 spiro atoms. The standard InChI is InChI=1S/C9H10BNO4/c1-2-9(12)11-7-4-3-5-8(6-7)15-10(13)14/h2-6,13-14H,1H2,(H,11,12). The highest BCUT2D eigenvalue weighted by atomic mass is 16.6. The molecule has 0 aliphatic carbocycles. The van der Waals surface area contributed by atoms with Crippen molar-refractivity contribution in [3.8, 4) is 5.75 Å². The zero-order chi connectivity index (χ0) is 11.3. The summed E-state index contributed by atoms with van der Waals surface area (Å²) in [7, 11) is -1.88. The molecule has 1 amide bonds. The Morgan fingerprint density at radius 1 is 1.53 bits per heavy atom. The number of nitrogens with one attached hydrogen (secondary N) is 1. The van der Waals surface area contributed by atoms with Gasteiger partial charge in [-0.1, -0.05) is 12.6 Å². The highest BCUT2D eigenvalue weighted by Crippen LogP contribution is 2.17. The van der Waals surface area contributed by atoms with Crippen molar-refractivity contribution in [2.45, 2.75) is 0 Å². The fourth-order valence-electron chi connectivity index (χ4n) is 0.962. The molecule has 0 atom stereocenters. The van der Waals surface area contributed by atoms with Crippen LogP contribution < -0.4 is 9.97 Å². The summed E-state index contributed by atoms with van der Waals surface area (Å²) >= 11 is 0. The number of benzene rings is 1. The molecule has 0 saturated heterocycles. The van der Waals surface area contributed by atoms with E-state index in [0.717, 1.165) is 6.08 Å². The Bertz CT molecular complexity index is 367. The van der Waals surface area contributed by atoms with E-state index in [1.807, 2.05) is 0 Å². The van der Waals surface area contributed by atoms with Gasteiger partial charge in [-0.3, -0.25) is 4.79 Å². The third-order valence-electron chi connectivity index (χ3n) is 1.53. The van der Waals surface area contributed by atoms with Crippen molar-refractivity contribution in [2.24, 2.45) is 0 Å². The smallest absolute Gasteiger partial charge is 0.512 e. The number of anilines is 1. The van der Waals surface area contributed by atoms with Gasteiger partial charge in [-0.2, -0.15) is 0 Å². The molecule has 0 fully saturated rings. The summed E-state index contributed by atoms with van der Waals surface area (Å²) in [6, 6.07) is 6.23. The van der Waals surface area contributed by atoms with E-state index in [-0.39, 0.29) is 11.7 Å². The first-order valence-corrected chi connectivity index (χ1v) is 4.18. The van der Waals surface area contributed by atoms with Crippen LogP contribution in [0.15, 0.2) is 36.9 Å². The molecule has 78 valence electrons. The van der Waals surface area contributed by atoms with Gasteiger partial charge in [0.05, 0.1) is 0 Å². The van der Waals surface area contributed by atoms with Crippen molar-refractivity contribution >= 4 is 18.9 Å². The molecule has 1 rings (SSSR count). The summed E-state index contributed by atoms with van der Waals surface area (Å²) in [5.74, 6) is -0.108. The lowest BCUT2D eigenvalue weighted by molar-refractivity contribution is -0.111. The van der Waals surface area contributed by atoms with Crippen LogP contribution in [0.4, 0.5) is 5.69 Å². The van der Waals surface area contributed by atoms with Gasteiger partial charge in [-0.15, -0.1) is 0 Å². The molecule has 1 aromatic rings. The van der Waals surface area contributed by atoms with Gasteiger partial charge < -0.3 is 20.0 Å². The van der Waals surface area contributed by atoms with Gasteiger partial charge in [0, 0.05) is 11.8 Å². The topological polar surface area (TPSA) is 78.8 Å². The van der Waals surface area contributed by atoms with Crippen LogP contribution in [0, 0.1) is 0 Å². The van der Waals surface area contributed by atoms with E-state index < -0.39 is 7.32 Å². The molecule has 0 bridgehead atoms. The zero-order valence-corrected chi connectivity index (χ0v) is 7.88. The summed E-state index contributed by atoms with van der Waals surface area (Å²) in [5.41, 5.74) is 0.484. The van der Waals surface area contributed by atoms with Crippen LogP contribution in [0.2, 0.25) is 0 Å². The Balaban J connectivity index is 2.73. The van der Waals surface area contributed by atoms with Crippen molar-refractivity contribution in [2.75, 3.05) is 5.32 Å². The van der Waals surface area contributed by atoms with Crippen molar-refractivity contribution < 1.29 is 19.5 Å². The first-order chi connectivity index (χ1) is 7.11. The minimum Gasteiger partial charge on any atom is -0.512 e. The summed E-state index contributed by atoms with van der Waals surface area (Å²) < 4.78 is 4.60. The first-order valence-electron chi connectivity index (χ1n) is 4.18. The predicted molar refractivity (Wildman–Crippen MR) is 56.1 cm³/mol. The molecule has 0 aliphatic rings. The number of carbonyl (C=O) groups is 1. The fourth-order valence-corrected chi connectivity index (χ4v) is 0.962. The molecule has 0 radical (unpaired) electrons. The van der Waals surface area contributed by atoms with Crippen molar-refractivity contribution in [3.63, 3.8) is 0 Å². The van der Waals surface area contributed by atoms with Crippen molar-refractivity contribution in [1.29, 1.82) is 0 Å². The number of hydrogen-bond donors (Lipinski definition) is 3. The normalized spacial score (nSPS) is 9.20. The van der Waals surface area contributed by atoms with Crippen molar-refractivity contribution in [3.05, 3.63) is 36.9 Å². The third-order valence-corrected chi connectivity index (χ3v) is 1.53. The summed E-state index contributed by atoms with van der Waals surface area (Å²) in [6.45, 7) is 3.30. The van der Waals surface area contributed by atoms with Crippen LogP contribution in [-0.4, -0.2) is 23.3 Å². The van der Waals surface area contributed by atoms with Gasteiger partial charge in [0.2, 0.25) is 5.91 Å². The van der Waals surface area contributed by atoms with E-state index in [4.69, 9.17) is 10.0 Å². The quantitative estimate of drug-likeness (QED) is 0.485. The van der Waals surface area contributed by atoms with Crippen molar-refractivity contribution in [1.82, 2.24) is 0 Å². The Kier molecular flexibility index (Phi) is 3.90. The highest BCUT2D eigenvalue weighted by Gasteiger charge is 2.11. The number of hydrogen-bond acceptors (Lipinski definition) is 4. The fraction of sp³-hybridized carbons (Fsp3) is 0. The SMILES string of the molecule is C=CC(=O)Nc1cccc(OB(O)O)c1. The van der Waals surface area contributed by atoms with Crippen LogP contribution in [0.3, 0.4) is 0 Å². The molecule has 1 aromatic carbocycles. The van der Waals surface area contributed by atoms with Crippen LogP contribution in [-0.2, 0) is 4.79 Å². The maximum atomic E-state index is 10.9. The second-order valence-corrected chi connectivity index (χ2v) is 2.67. The average molecular weight is 207 g/mol. The van der Waals surface area contributed by atoms with E-state index in [1.54, 1.807) is 12.1 Å². The summed E-state index contributed by atoms with van der Waals surface area (Å²) in [6.07, 6.45) is 1.13. The minimum absolute atomic E-state index is 0.242. The third kappa shape index (κ3) is 3.84. The second-order valence-electron chi connectivity index (χ2n) is 2.67. The molecule has 0 heterocycles. The minimum atomic E-state index is -1.88. The van der Waals surface area contributed by atoms with Gasteiger partial charge in [-0.05, 0) is 18.2 Å². The zero-order valence-electron chi connectivity index (χ0n) is 7.88. The molecule has 0 saturated carbocycles. The molecule has 5 nitrogen and oxygen atoms in total. The Hall–Kier alpha value is -1.79. The Morgan fingerprint density at radius 3 is 2.87 bits per heavy atom. The molecule has 3 N–H and O–H groups in total. The van der Waals surface area contributed by atoms with Gasteiger partial charge in [-0.25, -0.2) is 0 Å². The van der Waals surface area contributed by atoms with E-state index in [1.165, 1.54) is 12.1 Å². The molecule has 6 heteroatoms. The van der Waals surface area contributed by atoms with E-state index in [9.17, 15) is 4.79 Å². The van der Waals surface area contributed by atoms with Gasteiger partial charge in [0.25, 0.3) is 0 Å². The molecule has 15 heavy (non-hydrogen) atoms. The predicted octanol–water partition coefficient (Wildman–Crippen LogP) is 0.159. The van der Waals surface area contributed by atoms with Crippen LogP contribution >= 0.6 is 0 Å². The van der Waals surface area contributed by atoms with E-state index in [2.05, 4.69) is 16.6 Å². The van der Waals surface area contributed by atoms with Gasteiger partial charge in [0.1, 0.15) is 5.75 Å². The van der Waals surface area contributed by atoms with E-state index >= 15 is 0 Å². The van der Waals surface area contributed by atoms with Crippen LogP contribution in [0.1, 0.15) is 0 Å². The first kappa shape index (κ1) is 11.3. The lowest BCUT2D eigenvalue weighted by Crippen LogP contribution is -2.20. The maximum absolute atomic E-state index is 10.9. The molecule has 0 aromatic heterocycles. The van der Waals surface area contributed by atoms with Crippen LogP contribution in [0.5, 0.6) is 5.75 Å². The number of carbonyl (C=O) groups excluding carboxylic acids is 1.